The van der Waals surface area contributed by atoms with Gasteiger partial charge in [-0.3, -0.25) is 0 Å². The van der Waals surface area contributed by atoms with Crippen LogP contribution in [-0.4, -0.2) is 36.6 Å². The molecule has 2 unspecified atom stereocenters. The van der Waals surface area contributed by atoms with Crippen molar-refractivity contribution in [3.63, 3.8) is 0 Å². The van der Waals surface area contributed by atoms with E-state index in [1.165, 1.54) is 30.7 Å². The van der Waals surface area contributed by atoms with Crippen LogP contribution in [0.2, 0.25) is 0 Å². The number of hydrogen-bond acceptors (Lipinski definition) is 4. The molecule has 4 heterocycles. The van der Waals surface area contributed by atoms with Crippen LogP contribution >= 0.6 is 27.3 Å². The molecule has 5 heteroatoms. The van der Waals surface area contributed by atoms with Crippen LogP contribution in [0.4, 0.5) is 0 Å². The molecule has 1 aromatic heterocycles. The first-order valence-corrected chi connectivity index (χ1v) is 8.48. The van der Waals surface area contributed by atoms with E-state index in [-0.39, 0.29) is 12.1 Å². The molecule has 0 aromatic carbocycles. The number of thiophene rings is 1. The molecule has 0 radical (unpaired) electrons. The van der Waals surface area contributed by atoms with Gasteiger partial charge in [-0.15, -0.1) is 11.3 Å². The van der Waals surface area contributed by atoms with Gasteiger partial charge < -0.3 is 9.64 Å². The number of carbonyl (C=O) groups excluding carboxylic acids is 1. The minimum Gasteiger partial charge on any atom is -0.457 e. The second-order valence-electron chi connectivity index (χ2n) is 6.05. The van der Waals surface area contributed by atoms with Gasteiger partial charge in [0.2, 0.25) is 0 Å². The zero-order valence-corrected chi connectivity index (χ0v) is 13.0. The van der Waals surface area contributed by atoms with Crippen molar-refractivity contribution in [1.29, 1.82) is 0 Å². The molecule has 3 nitrogen and oxygen atoms in total. The molecule has 3 saturated heterocycles. The molecule has 4 aliphatic rings. The lowest BCUT2D eigenvalue weighted by Gasteiger charge is -2.55. The van der Waals surface area contributed by atoms with Crippen molar-refractivity contribution in [3.05, 3.63) is 20.8 Å². The maximum Gasteiger partial charge on any atom is 0.348 e. The highest BCUT2D eigenvalue weighted by Gasteiger charge is 2.49. The number of hydrogen-bond donors (Lipinski definition) is 0. The highest BCUT2D eigenvalue weighted by Crippen LogP contribution is 2.45. The second kappa shape index (κ2) is 4.57. The molecule has 0 N–H and O–H groups in total. The van der Waals surface area contributed by atoms with Gasteiger partial charge in [-0.05, 0) is 46.8 Å². The third-order valence-corrected chi connectivity index (χ3v) is 6.32. The quantitative estimate of drug-likeness (QED) is 0.774. The molecule has 4 bridgehead atoms. The van der Waals surface area contributed by atoms with Gasteiger partial charge in [-0.2, -0.15) is 0 Å². The van der Waals surface area contributed by atoms with Crippen LogP contribution in [-0.2, 0) is 4.74 Å². The standard InChI is InChI=1S/C14H16BrNO2S/c15-12-2-1-11(19-12)14(17)18-13-9-3-8-4-10(13)7-16(5-8)6-9/h1-2,8-10,13H,3-7H2. The van der Waals surface area contributed by atoms with E-state index in [4.69, 9.17) is 4.74 Å². The summed E-state index contributed by atoms with van der Waals surface area (Å²) in [6.45, 7) is 3.52. The summed E-state index contributed by atoms with van der Waals surface area (Å²) in [6, 6.07) is 3.75. The highest BCUT2D eigenvalue weighted by molar-refractivity contribution is 9.11. The van der Waals surface area contributed by atoms with E-state index < -0.39 is 0 Å². The van der Waals surface area contributed by atoms with Gasteiger partial charge in [0.05, 0.1) is 3.79 Å². The van der Waals surface area contributed by atoms with Crippen LogP contribution in [0.3, 0.4) is 0 Å². The lowest BCUT2D eigenvalue weighted by Crippen LogP contribution is -2.60. The molecular formula is C14H16BrNO2S. The average molecular weight is 342 g/mol. The average Bonchev–Trinajstić information content (AvgIpc) is 2.79. The lowest BCUT2D eigenvalue weighted by atomic mass is 9.66. The number of ether oxygens (including phenoxy) is 1. The van der Waals surface area contributed by atoms with Gasteiger partial charge >= 0.3 is 5.97 Å². The molecule has 1 aromatic rings. The highest BCUT2D eigenvalue weighted by atomic mass is 79.9. The van der Waals surface area contributed by atoms with Crippen molar-refractivity contribution in [2.45, 2.75) is 18.9 Å². The third kappa shape index (κ3) is 2.16. The molecule has 102 valence electrons. The van der Waals surface area contributed by atoms with Crippen LogP contribution in [0, 0.1) is 17.8 Å². The number of carbonyl (C=O) groups is 1. The first-order valence-electron chi connectivity index (χ1n) is 6.87. The Bertz CT molecular complexity index is 487. The second-order valence-corrected chi connectivity index (χ2v) is 8.51. The van der Waals surface area contributed by atoms with E-state index in [0.717, 1.165) is 22.8 Å². The van der Waals surface area contributed by atoms with E-state index in [1.54, 1.807) is 0 Å². The molecule has 0 spiro atoms. The molecule has 2 atom stereocenters. The monoisotopic (exact) mass is 341 g/mol. The van der Waals surface area contributed by atoms with Crippen molar-refractivity contribution >= 4 is 33.2 Å². The number of esters is 1. The topological polar surface area (TPSA) is 29.5 Å². The van der Waals surface area contributed by atoms with Gasteiger partial charge in [-0.25, -0.2) is 4.79 Å². The van der Waals surface area contributed by atoms with E-state index in [2.05, 4.69) is 20.8 Å². The molecular weight excluding hydrogens is 326 g/mol. The van der Waals surface area contributed by atoms with Gasteiger partial charge in [-0.1, -0.05) is 0 Å². The van der Waals surface area contributed by atoms with Crippen LogP contribution < -0.4 is 0 Å². The Labute approximate surface area is 125 Å². The Morgan fingerprint density at radius 2 is 2.00 bits per heavy atom. The molecule has 3 aliphatic heterocycles. The molecule has 5 rings (SSSR count). The Morgan fingerprint density at radius 1 is 1.26 bits per heavy atom. The normalized spacial score (nSPS) is 39.5. The summed E-state index contributed by atoms with van der Waals surface area (Å²) < 4.78 is 6.83. The summed E-state index contributed by atoms with van der Waals surface area (Å²) in [7, 11) is 0. The first-order chi connectivity index (χ1) is 9.19. The Morgan fingerprint density at radius 3 is 2.58 bits per heavy atom. The first kappa shape index (κ1) is 12.4. The Balaban J connectivity index is 1.49. The molecule has 19 heavy (non-hydrogen) atoms. The zero-order chi connectivity index (χ0) is 13.0. The molecule has 1 saturated carbocycles. The van der Waals surface area contributed by atoms with E-state index in [0.29, 0.717) is 16.7 Å². The summed E-state index contributed by atoms with van der Waals surface area (Å²) in [5, 5.41) is 0. The number of piperidine rings is 3. The van der Waals surface area contributed by atoms with E-state index >= 15 is 0 Å². The maximum atomic E-state index is 12.2. The number of halogens is 1. The van der Waals surface area contributed by atoms with Gasteiger partial charge in [0.25, 0.3) is 0 Å². The van der Waals surface area contributed by atoms with Crippen molar-refractivity contribution in [3.8, 4) is 0 Å². The van der Waals surface area contributed by atoms with Crippen molar-refractivity contribution in [2.24, 2.45) is 17.8 Å². The fraction of sp³-hybridized carbons (Fsp3) is 0.643. The zero-order valence-electron chi connectivity index (χ0n) is 10.5. The summed E-state index contributed by atoms with van der Waals surface area (Å²) in [6.07, 6.45) is 2.65. The Kier molecular flexibility index (Phi) is 2.97. The number of nitrogens with zero attached hydrogens (tertiary/aromatic N) is 1. The minimum atomic E-state index is -0.136. The molecule has 0 amide bonds. The molecule has 1 aliphatic carbocycles. The van der Waals surface area contributed by atoms with Crippen LogP contribution in [0.25, 0.3) is 0 Å². The van der Waals surface area contributed by atoms with E-state index in [1.807, 2.05) is 12.1 Å². The fourth-order valence-corrected chi connectivity index (χ4v) is 5.43. The third-order valence-electron chi connectivity index (χ3n) is 4.72. The van der Waals surface area contributed by atoms with Crippen molar-refractivity contribution < 1.29 is 9.53 Å². The van der Waals surface area contributed by atoms with Crippen LogP contribution in [0.1, 0.15) is 22.5 Å². The minimum absolute atomic E-state index is 0.136. The SMILES string of the molecule is O=C(OC1C2CC3CC1CN(C3)C2)c1ccc(Br)s1. The largest absolute Gasteiger partial charge is 0.457 e. The lowest BCUT2D eigenvalue weighted by molar-refractivity contribution is -0.116. The smallest absolute Gasteiger partial charge is 0.348 e. The van der Waals surface area contributed by atoms with E-state index in [9.17, 15) is 4.79 Å². The van der Waals surface area contributed by atoms with Crippen LogP contribution in [0.15, 0.2) is 15.9 Å². The predicted molar refractivity (Wildman–Crippen MR) is 77.4 cm³/mol. The predicted octanol–water partition coefficient (Wildman–Crippen LogP) is 3.01. The maximum absolute atomic E-state index is 12.2. The summed E-state index contributed by atoms with van der Waals surface area (Å²) in [4.78, 5) is 15.5. The van der Waals surface area contributed by atoms with Crippen LogP contribution in [0.5, 0.6) is 0 Å². The number of rotatable bonds is 2. The van der Waals surface area contributed by atoms with Crippen molar-refractivity contribution in [2.75, 3.05) is 19.6 Å². The van der Waals surface area contributed by atoms with Gasteiger partial charge in [0, 0.05) is 31.5 Å². The Hall–Kier alpha value is -0.390. The molecule has 4 fully saturated rings. The van der Waals surface area contributed by atoms with Crippen molar-refractivity contribution in [1.82, 2.24) is 4.90 Å². The summed E-state index contributed by atoms with van der Waals surface area (Å²) in [5.74, 6) is 1.85. The fourth-order valence-electron chi connectivity index (χ4n) is 4.16. The van der Waals surface area contributed by atoms with Gasteiger partial charge in [0.1, 0.15) is 11.0 Å². The summed E-state index contributed by atoms with van der Waals surface area (Å²) in [5.41, 5.74) is 0. The van der Waals surface area contributed by atoms with Gasteiger partial charge in [0.15, 0.2) is 0 Å². The summed E-state index contributed by atoms with van der Waals surface area (Å²) >= 11 is 4.85.